The third-order valence-electron chi connectivity index (χ3n) is 2.97. The van der Waals surface area contributed by atoms with Crippen LogP contribution < -0.4 is 5.32 Å². The van der Waals surface area contributed by atoms with Crippen LogP contribution in [0.25, 0.3) is 0 Å². The van der Waals surface area contributed by atoms with E-state index in [0.717, 1.165) is 12.1 Å². The van der Waals surface area contributed by atoms with Gasteiger partial charge in [0, 0.05) is 24.2 Å². The molecule has 1 aromatic carbocycles. The molecule has 16 heavy (non-hydrogen) atoms. The second-order valence-corrected chi connectivity index (χ2v) is 4.46. The van der Waals surface area contributed by atoms with Crippen LogP contribution in [0, 0.1) is 5.82 Å². The van der Waals surface area contributed by atoms with Gasteiger partial charge in [0.2, 0.25) is 0 Å². The number of hydrogen-bond acceptors (Lipinski definition) is 2. The molecular weight excluding hydrogens is 203 g/mol. The van der Waals surface area contributed by atoms with Crippen LogP contribution in [0.15, 0.2) is 24.3 Å². The van der Waals surface area contributed by atoms with Crippen molar-refractivity contribution in [2.45, 2.75) is 25.9 Å². The third kappa shape index (κ3) is 3.58. The summed E-state index contributed by atoms with van der Waals surface area (Å²) in [5.74, 6) is -0.139. The smallest absolute Gasteiger partial charge is 0.127 e. The van der Waals surface area contributed by atoms with Crippen LogP contribution in [-0.2, 0) is 0 Å². The zero-order valence-corrected chi connectivity index (χ0v) is 10.5. The van der Waals surface area contributed by atoms with Crippen LogP contribution in [-0.4, -0.2) is 31.6 Å². The lowest BCUT2D eigenvalue weighted by molar-refractivity contribution is 0.295. The van der Waals surface area contributed by atoms with E-state index in [1.54, 1.807) is 6.07 Å². The topological polar surface area (TPSA) is 15.3 Å². The Kier molecular flexibility index (Phi) is 4.90. The Morgan fingerprint density at radius 1 is 1.25 bits per heavy atom. The molecule has 0 aliphatic carbocycles. The number of halogens is 1. The summed E-state index contributed by atoms with van der Waals surface area (Å²) in [6, 6.07) is 7.40. The van der Waals surface area contributed by atoms with Crippen LogP contribution in [0.1, 0.15) is 25.5 Å². The van der Waals surface area contributed by atoms with Crippen molar-refractivity contribution in [2.24, 2.45) is 0 Å². The van der Waals surface area contributed by atoms with Gasteiger partial charge in [-0.2, -0.15) is 0 Å². The standard InChI is InChI=1S/C13H21FN2/c1-10(16(3)4)9-15-11(2)12-7-5-6-8-13(12)14/h5-8,10-11,15H,9H2,1-4H3. The molecule has 1 N–H and O–H groups in total. The summed E-state index contributed by atoms with van der Waals surface area (Å²) >= 11 is 0. The molecule has 2 atom stereocenters. The van der Waals surface area contributed by atoms with Crippen molar-refractivity contribution < 1.29 is 4.39 Å². The van der Waals surface area contributed by atoms with Crippen LogP contribution >= 0.6 is 0 Å². The molecule has 0 heterocycles. The summed E-state index contributed by atoms with van der Waals surface area (Å²) in [6.45, 7) is 4.98. The fourth-order valence-electron chi connectivity index (χ4n) is 1.47. The largest absolute Gasteiger partial charge is 0.309 e. The number of nitrogens with zero attached hydrogens (tertiary/aromatic N) is 1. The Morgan fingerprint density at radius 3 is 2.44 bits per heavy atom. The van der Waals surface area contributed by atoms with E-state index >= 15 is 0 Å². The number of rotatable bonds is 5. The highest BCUT2D eigenvalue weighted by atomic mass is 19.1. The van der Waals surface area contributed by atoms with Crippen molar-refractivity contribution in [1.29, 1.82) is 0 Å². The first-order chi connectivity index (χ1) is 7.52. The quantitative estimate of drug-likeness (QED) is 0.826. The van der Waals surface area contributed by atoms with E-state index in [0.29, 0.717) is 6.04 Å². The maximum absolute atomic E-state index is 13.5. The van der Waals surface area contributed by atoms with Crippen molar-refractivity contribution >= 4 is 0 Å². The van der Waals surface area contributed by atoms with E-state index in [9.17, 15) is 4.39 Å². The first-order valence-corrected chi connectivity index (χ1v) is 5.66. The van der Waals surface area contributed by atoms with Crippen LogP contribution in [0.3, 0.4) is 0 Å². The highest BCUT2D eigenvalue weighted by Crippen LogP contribution is 2.15. The predicted octanol–water partition coefficient (Wildman–Crippen LogP) is 2.43. The SMILES string of the molecule is CC(NCC(C)N(C)C)c1ccccc1F. The minimum absolute atomic E-state index is 0.0450. The van der Waals surface area contributed by atoms with Gasteiger partial charge in [0.1, 0.15) is 5.82 Å². The van der Waals surface area contributed by atoms with Gasteiger partial charge in [0.25, 0.3) is 0 Å². The average molecular weight is 224 g/mol. The molecule has 0 aliphatic heterocycles. The molecule has 0 saturated carbocycles. The van der Waals surface area contributed by atoms with Gasteiger partial charge in [-0.3, -0.25) is 0 Å². The molecule has 2 unspecified atom stereocenters. The maximum Gasteiger partial charge on any atom is 0.127 e. The van der Waals surface area contributed by atoms with Crippen LogP contribution in [0.5, 0.6) is 0 Å². The average Bonchev–Trinajstić information content (AvgIpc) is 2.25. The number of nitrogens with one attached hydrogen (secondary N) is 1. The van der Waals surface area contributed by atoms with Crippen molar-refractivity contribution in [1.82, 2.24) is 10.2 Å². The molecule has 0 bridgehead atoms. The summed E-state index contributed by atoms with van der Waals surface area (Å²) in [4.78, 5) is 2.14. The fraction of sp³-hybridized carbons (Fsp3) is 0.538. The van der Waals surface area contributed by atoms with Gasteiger partial charge in [-0.15, -0.1) is 0 Å². The molecule has 0 radical (unpaired) electrons. The summed E-state index contributed by atoms with van der Waals surface area (Å²) in [5, 5.41) is 3.34. The maximum atomic E-state index is 13.5. The van der Waals surface area contributed by atoms with Gasteiger partial charge in [0.05, 0.1) is 0 Å². The van der Waals surface area contributed by atoms with E-state index in [2.05, 4.69) is 17.1 Å². The molecule has 0 aromatic heterocycles. The molecule has 90 valence electrons. The van der Waals surface area contributed by atoms with E-state index in [1.807, 2.05) is 33.2 Å². The van der Waals surface area contributed by atoms with Gasteiger partial charge in [0.15, 0.2) is 0 Å². The molecule has 0 fully saturated rings. The Morgan fingerprint density at radius 2 is 1.88 bits per heavy atom. The third-order valence-corrected chi connectivity index (χ3v) is 2.97. The summed E-state index contributed by atoms with van der Waals surface area (Å²) < 4.78 is 13.5. The molecule has 0 saturated heterocycles. The lowest BCUT2D eigenvalue weighted by atomic mass is 10.1. The number of benzene rings is 1. The predicted molar refractivity (Wildman–Crippen MR) is 66.0 cm³/mol. The Labute approximate surface area is 97.5 Å². The summed E-state index contributed by atoms with van der Waals surface area (Å²) in [5.41, 5.74) is 0.730. The van der Waals surface area contributed by atoms with Gasteiger partial charge in [-0.05, 0) is 34.0 Å². The molecule has 0 spiro atoms. The second-order valence-electron chi connectivity index (χ2n) is 4.46. The fourth-order valence-corrected chi connectivity index (χ4v) is 1.47. The molecular formula is C13H21FN2. The minimum atomic E-state index is -0.139. The monoisotopic (exact) mass is 224 g/mol. The number of likely N-dealkylation sites (N-methyl/N-ethyl adjacent to an activating group) is 1. The lowest BCUT2D eigenvalue weighted by Crippen LogP contribution is -2.36. The zero-order valence-electron chi connectivity index (χ0n) is 10.5. The molecule has 0 amide bonds. The molecule has 2 nitrogen and oxygen atoms in total. The molecule has 0 aliphatic rings. The van der Waals surface area contributed by atoms with Crippen molar-refractivity contribution in [3.8, 4) is 0 Å². The van der Waals surface area contributed by atoms with Crippen LogP contribution in [0.2, 0.25) is 0 Å². The van der Waals surface area contributed by atoms with E-state index in [1.165, 1.54) is 6.07 Å². The summed E-state index contributed by atoms with van der Waals surface area (Å²) in [6.07, 6.45) is 0. The lowest BCUT2D eigenvalue weighted by Gasteiger charge is -2.23. The van der Waals surface area contributed by atoms with Crippen molar-refractivity contribution in [3.63, 3.8) is 0 Å². The Bertz CT molecular complexity index is 325. The normalized spacial score (nSPS) is 15.1. The highest BCUT2D eigenvalue weighted by Gasteiger charge is 2.11. The number of hydrogen-bond donors (Lipinski definition) is 1. The van der Waals surface area contributed by atoms with Gasteiger partial charge in [-0.25, -0.2) is 4.39 Å². The van der Waals surface area contributed by atoms with Crippen LogP contribution in [0.4, 0.5) is 4.39 Å². The highest BCUT2D eigenvalue weighted by molar-refractivity contribution is 5.20. The van der Waals surface area contributed by atoms with Gasteiger partial charge >= 0.3 is 0 Å². The second kappa shape index (κ2) is 5.97. The Balaban J connectivity index is 2.53. The van der Waals surface area contributed by atoms with Gasteiger partial charge in [-0.1, -0.05) is 18.2 Å². The van der Waals surface area contributed by atoms with E-state index in [-0.39, 0.29) is 11.9 Å². The van der Waals surface area contributed by atoms with Gasteiger partial charge < -0.3 is 10.2 Å². The van der Waals surface area contributed by atoms with E-state index in [4.69, 9.17) is 0 Å². The molecule has 3 heteroatoms. The first-order valence-electron chi connectivity index (χ1n) is 5.66. The van der Waals surface area contributed by atoms with E-state index < -0.39 is 0 Å². The van der Waals surface area contributed by atoms with Crippen molar-refractivity contribution in [2.75, 3.05) is 20.6 Å². The first kappa shape index (κ1) is 13.1. The van der Waals surface area contributed by atoms with Crippen molar-refractivity contribution in [3.05, 3.63) is 35.6 Å². The Hall–Kier alpha value is -0.930. The minimum Gasteiger partial charge on any atom is -0.309 e. The summed E-state index contributed by atoms with van der Waals surface area (Å²) in [7, 11) is 4.08. The zero-order chi connectivity index (χ0) is 12.1. The molecule has 1 rings (SSSR count). The molecule has 1 aromatic rings.